The first-order chi connectivity index (χ1) is 4.50. The van der Waals surface area contributed by atoms with Crippen LogP contribution in [0, 0.1) is 0 Å². The number of hydrogen-bond donors (Lipinski definition) is 0. The van der Waals surface area contributed by atoms with Crippen LogP contribution < -0.4 is 9.79 Å². The Labute approximate surface area is 57.0 Å². The Balaban J connectivity index is 4.91. The van der Waals surface area contributed by atoms with Crippen LogP contribution in [0.5, 0.6) is 0 Å². The Kier molecular flexibility index (Phi) is 2.35. The second-order valence-electron chi connectivity index (χ2n) is 1.54. The highest BCUT2D eigenvalue weighted by molar-refractivity contribution is 7.50. The van der Waals surface area contributed by atoms with Gasteiger partial charge < -0.3 is 14.4 Å². The molecule has 11 heavy (non-hydrogen) atoms. The second-order valence-corrected chi connectivity index (χ2v) is 3.09. The molecule has 68 valence electrons. The monoisotopic (exact) mass is 198 g/mol. The molecule has 0 aromatic heterocycles. The van der Waals surface area contributed by atoms with E-state index in [9.17, 15) is 36.3 Å². The fourth-order valence-electron chi connectivity index (χ4n) is 0.155. The summed E-state index contributed by atoms with van der Waals surface area (Å²) >= 11 is 0. The van der Waals surface area contributed by atoms with Gasteiger partial charge in [0, 0.05) is 7.60 Å². The van der Waals surface area contributed by atoms with E-state index in [1.165, 1.54) is 0 Å². The van der Waals surface area contributed by atoms with Crippen LogP contribution in [-0.4, -0.2) is 11.8 Å². The zero-order chi connectivity index (χ0) is 9.50. The van der Waals surface area contributed by atoms with Crippen molar-refractivity contribution in [1.29, 1.82) is 0 Å². The maximum absolute atomic E-state index is 11.4. The molecule has 3 nitrogen and oxygen atoms in total. The van der Waals surface area contributed by atoms with E-state index in [-0.39, 0.29) is 0 Å². The van der Waals surface area contributed by atoms with Crippen LogP contribution in [0.2, 0.25) is 0 Å². The molecule has 0 aromatic carbocycles. The molecular formula is C2F5O3P-2. The molecule has 0 radical (unpaired) electrons. The van der Waals surface area contributed by atoms with Gasteiger partial charge in [-0.3, -0.25) is 0 Å². The van der Waals surface area contributed by atoms with Gasteiger partial charge in [-0.2, -0.15) is 22.0 Å². The quantitative estimate of drug-likeness (QED) is 0.441. The van der Waals surface area contributed by atoms with Gasteiger partial charge in [-0.1, -0.05) is 0 Å². The van der Waals surface area contributed by atoms with Crippen LogP contribution in [0.1, 0.15) is 0 Å². The molecule has 0 fully saturated rings. The molecule has 0 amide bonds. The SMILES string of the molecule is O=P([O-])([O-])C(F)(F)C(F)(F)F. The molecule has 9 heteroatoms. The minimum absolute atomic E-state index is 6.18. The first-order valence-corrected chi connectivity index (χ1v) is 3.51. The average Bonchev–Trinajstić information content (AvgIpc) is 1.58. The standard InChI is InChI=1S/C2H2F5O3P/c3-1(4,5)2(6,7)11(8,9)10/h(H2,8,9,10)/p-2. The van der Waals surface area contributed by atoms with Gasteiger partial charge in [0.25, 0.3) is 0 Å². The Morgan fingerprint density at radius 1 is 1.00 bits per heavy atom. The fraction of sp³-hybridized carbons (Fsp3) is 1.00. The van der Waals surface area contributed by atoms with Crippen molar-refractivity contribution in [3.63, 3.8) is 0 Å². The number of hydrogen-bond acceptors (Lipinski definition) is 3. The third kappa shape index (κ3) is 1.88. The lowest BCUT2D eigenvalue weighted by Gasteiger charge is -2.37. The van der Waals surface area contributed by atoms with Gasteiger partial charge in [0.15, 0.2) is 0 Å². The highest BCUT2D eigenvalue weighted by Crippen LogP contribution is 2.54. The molecule has 0 rings (SSSR count). The summed E-state index contributed by atoms with van der Waals surface area (Å²) in [5.41, 5.74) is -6.18. The Morgan fingerprint density at radius 2 is 1.27 bits per heavy atom. The topological polar surface area (TPSA) is 63.2 Å². The maximum atomic E-state index is 11.4. The predicted octanol–water partition coefficient (Wildman–Crippen LogP) is 0.0552. The van der Waals surface area contributed by atoms with Crippen molar-refractivity contribution < 1.29 is 36.3 Å². The summed E-state index contributed by atoms with van der Waals surface area (Å²) in [6.45, 7) is 0. The highest BCUT2D eigenvalue weighted by atomic mass is 31.2. The third-order valence-corrected chi connectivity index (χ3v) is 1.63. The fourth-order valence-corrected chi connectivity index (χ4v) is 0.466. The summed E-state index contributed by atoms with van der Waals surface area (Å²) in [7, 11) is -6.95. The van der Waals surface area contributed by atoms with E-state index in [2.05, 4.69) is 0 Å². The Hall–Kier alpha value is -0.200. The van der Waals surface area contributed by atoms with Gasteiger partial charge in [-0.25, -0.2) is 0 Å². The van der Waals surface area contributed by atoms with E-state index in [1.807, 2.05) is 0 Å². The van der Waals surface area contributed by atoms with Crippen molar-refractivity contribution in [3.8, 4) is 0 Å². The largest absolute Gasteiger partial charge is 0.806 e. The minimum Gasteiger partial charge on any atom is -0.806 e. The Morgan fingerprint density at radius 3 is 1.27 bits per heavy atom. The van der Waals surface area contributed by atoms with Crippen molar-refractivity contribution in [2.75, 3.05) is 0 Å². The van der Waals surface area contributed by atoms with E-state index in [4.69, 9.17) is 0 Å². The van der Waals surface area contributed by atoms with Gasteiger partial charge in [0.1, 0.15) is 0 Å². The van der Waals surface area contributed by atoms with Crippen LogP contribution >= 0.6 is 7.60 Å². The first kappa shape index (κ1) is 10.8. The predicted molar refractivity (Wildman–Crippen MR) is 18.6 cm³/mol. The van der Waals surface area contributed by atoms with Gasteiger partial charge >= 0.3 is 11.8 Å². The lowest BCUT2D eigenvalue weighted by Crippen LogP contribution is -2.43. The van der Waals surface area contributed by atoms with Crippen molar-refractivity contribution in [2.24, 2.45) is 0 Å². The zero-order valence-electron chi connectivity index (χ0n) is 4.56. The molecule has 0 saturated carbocycles. The number of rotatable bonds is 1. The van der Waals surface area contributed by atoms with Crippen LogP contribution in [0.3, 0.4) is 0 Å². The summed E-state index contributed by atoms with van der Waals surface area (Å²) in [6, 6.07) is 0. The van der Waals surface area contributed by atoms with Crippen LogP contribution in [0.25, 0.3) is 0 Å². The van der Waals surface area contributed by atoms with Crippen molar-refractivity contribution >= 4 is 7.60 Å². The van der Waals surface area contributed by atoms with Gasteiger partial charge in [0.2, 0.25) is 0 Å². The van der Waals surface area contributed by atoms with Crippen molar-refractivity contribution in [3.05, 3.63) is 0 Å². The molecule has 0 heterocycles. The molecule has 0 aliphatic carbocycles. The number of alkyl halides is 5. The summed E-state index contributed by atoms with van der Waals surface area (Å²) in [6.07, 6.45) is -6.34. The summed E-state index contributed by atoms with van der Waals surface area (Å²) in [5.74, 6) is 0. The van der Waals surface area contributed by atoms with E-state index < -0.39 is 19.4 Å². The van der Waals surface area contributed by atoms with Gasteiger partial charge in [-0.05, 0) is 0 Å². The smallest absolute Gasteiger partial charge is 0.458 e. The molecule has 0 N–H and O–H groups in total. The summed E-state index contributed by atoms with van der Waals surface area (Å²) in [5, 5.41) is 0. The van der Waals surface area contributed by atoms with Gasteiger partial charge in [-0.15, -0.1) is 0 Å². The minimum atomic E-state index is -6.95. The average molecular weight is 198 g/mol. The normalized spacial score (nSPS) is 15.2. The summed E-state index contributed by atoms with van der Waals surface area (Å²) < 4.78 is 65.2. The lowest BCUT2D eigenvalue weighted by molar-refractivity contribution is -0.360. The van der Waals surface area contributed by atoms with Gasteiger partial charge in [0.05, 0.1) is 0 Å². The molecule has 0 unspecified atom stereocenters. The van der Waals surface area contributed by atoms with Crippen molar-refractivity contribution in [2.45, 2.75) is 11.8 Å². The molecule has 0 bridgehead atoms. The molecule has 0 aliphatic rings. The van der Waals surface area contributed by atoms with Crippen molar-refractivity contribution in [1.82, 2.24) is 0 Å². The van der Waals surface area contributed by atoms with E-state index in [0.29, 0.717) is 0 Å². The maximum Gasteiger partial charge on any atom is 0.458 e. The number of halogens is 5. The first-order valence-electron chi connectivity index (χ1n) is 1.97. The molecule has 0 aliphatic heterocycles. The van der Waals surface area contributed by atoms with E-state index in [0.717, 1.165) is 0 Å². The second kappa shape index (κ2) is 2.40. The third-order valence-electron chi connectivity index (χ3n) is 0.685. The molecule has 0 atom stereocenters. The molecule has 0 spiro atoms. The molecule has 0 saturated heterocycles. The van der Waals surface area contributed by atoms with Crippen LogP contribution in [0.15, 0.2) is 0 Å². The molecule has 0 aromatic rings. The Bertz CT molecular complexity index is 190. The van der Waals surface area contributed by atoms with E-state index >= 15 is 0 Å². The lowest BCUT2D eigenvalue weighted by atomic mass is 10.7. The van der Waals surface area contributed by atoms with Crippen LogP contribution in [0.4, 0.5) is 22.0 Å². The zero-order valence-corrected chi connectivity index (χ0v) is 5.46. The van der Waals surface area contributed by atoms with E-state index in [1.54, 1.807) is 0 Å². The van der Waals surface area contributed by atoms with Crippen LogP contribution in [-0.2, 0) is 4.57 Å². The highest BCUT2D eigenvalue weighted by Gasteiger charge is 2.60. The summed E-state index contributed by atoms with van der Waals surface area (Å²) in [4.78, 5) is 18.6. The molecular weight excluding hydrogens is 198 g/mol.